The van der Waals surface area contributed by atoms with Gasteiger partial charge in [-0.15, -0.1) is 0 Å². The summed E-state index contributed by atoms with van der Waals surface area (Å²) in [6.07, 6.45) is 5.21. The summed E-state index contributed by atoms with van der Waals surface area (Å²) in [5.41, 5.74) is 10.2. The molecule has 2 aromatic carbocycles. The first-order chi connectivity index (χ1) is 17.5. The number of hydrogen-bond donors (Lipinski definition) is 4. The molecule has 5 N–H and O–H groups in total. The molecular formula is C27H24N6O3. The average Bonchev–Trinajstić information content (AvgIpc) is 3.49. The minimum atomic E-state index is -0.538. The van der Waals surface area contributed by atoms with E-state index in [0.29, 0.717) is 35.6 Å². The molecule has 0 unspecified atom stereocenters. The number of amides is 4. The van der Waals surface area contributed by atoms with Crippen LogP contribution in [0, 0.1) is 0 Å². The summed E-state index contributed by atoms with van der Waals surface area (Å²) in [6.45, 7) is 1.24. The molecule has 9 nitrogen and oxygen atoms in total. The van der Waals surface area contributed by atoms with E-state index in [1.165, 1.54) is 0 Å². The molecule has 1 aliphatic heterocycles. The number of anilines is 2. The Kier molecular flexibility index (Phi) is 6.19. The molecule has 0 bridgehead atoms. The molecule has 0 spiro atoms. The van der Waals surface area contributed by atoms with Crippen LogP contribution in [-0.4, -0.2) is 40.9 Å². The molecule has 3 heterocycles. The number of carbonyl (C=O) groups excluding carboxylic acids is 3. The topological polar surface area (TPSA) is 133 Å². The maximum absolute atomic E-state index is 12.7. The number of fused-ring (bicyclic) bond motifs is 1. The number of pyridine rings is 1. The first-order valence-electron chi connectivity index (χ1n) is 11.5. The normalized spacial score (nSPS) is 13.6. The van der Waals surface area contributed by atoms with Gasteiger partial charge in [0.1, 0.15) is 5.65 Å². The number of aromatic amines is 1. The second-order valence-corrected chi connectivity index (χ2v) is 8.43. The maximum Gasteiger partial charge on any atom is 0.321 e. The Labute approximate surface area is 207 Å². The van der Waals surface area contributed by atoms with E-state index in [1.807, 2.05) is 54.6 Å². The lowest BCUT2D eigenvalue weighted by atomic mass is 10.0. The van der Waals surface area contributed by atoms with Crippen LogP contribution in [0.15, 0.2) is 73.1 Å². The van der Waals surface area contributed by atoms with Crippen LogP contribution in [0.25, 0.3) is 22.7 Å². The summed E-state index contributed by atoms with van der Waals surface area (Å²) < 4.78 is 0. The predicted molar refractivity (Wildman–Crippen MR) is 139 cm³/mol. The van der Waals surface area contributed by atoms with Gasteiger partial charge in [0.2, 0.25) is 11.8 Å². The lowest BCUT2D eigenvalue weighted by molar-refractivity contribution is -0.115. The monoisotopic (exact) mass is 480 g/mol. The van der Waals surface area contributed by atoms with Gasteiger partial charge in [-0.2, -0.15) is 0 Å². The SMILES string of the molecule is NC(=O)/C(=C/c1c[nH]c2ncc(NC(=O)Cc3ccc(N4CCNC4=O)cc3)cc12)c1ccccc1. The van der Waals surface area contributed by atoms with E-state index in [0.717, 1.165) is 22.2 Å². The summed E-state index contributed by atoms with van der Waals surface area (Å²) >= 11 is 0. The van der Waals surface area contributed by atoms with Gasteiger partial charge in [0.25, 0.3) is 0 Å². The number of urea groups is 1. The van der Waals surface area contributed by atoms with Gasteiger partial charge in [-0.05, 0) is 35.4 Å². The van der Waals surface area contributed by atoms with Crippen molar-refractivity contribution in [1.29, 1.82) is 0 Å². The molecule has 1 saturated heterocycles. The van der Waals surface area contributed by atoms with Gasteiger partial charge in [0.05, 0.1) is 18.3 Å². The van der Waals surface area contributed by atoms with Crippen molar-refractivity contribution in [3.8, 4) is 0 Å². The Bertz CT molecular complexity index is 1470. The number of nitrogens with zero attached hydrogens (tertiary/aromatic N) is 2. The van der Waals surface area contributed by atoms with Gasteiger partial charge in [-0.1, -0.05) is 42.5 Å². The summed E-state index contributed by atoms with van der Waals surface area (Å²) in [7, 11) is 0. The molecule has 0 aliphatic carbocycles. The first kappa shape index (κ1) is 22.9. The Hall–Kier alpha value is -4.92. The van der Waals surface area contributed by atoms with Crippen molar-refractivity contribution < 1.29 is 14.4 Å². The Morgan fingerprint density at radius 2 is 1.89 bits per heavy atom. The van der Waals surface area contributed by atoms with E-state index >= 15 is 0 Å². The minimum absolute atomic E-state index is 0.117. The molecule has 1 fully saturated rings. The van der Waals surface area contributed by atoms with Crippen LogP contribution in [0.1, 0.15) is 16.7 Å². The number of H-pyrrole nitrogens is 1. The third kappa shape index (κ3) is 4.80. The van der Waals surface area contributed by atoms with E-state index in [2.05, 4.69) is 20.6 Å². The van der Waals surface area contributed by atoms with Crippen molar-refractivity contribution in [3.63, 3.8) is 0 Å². The predicted octanol–water partition coefficient (Wildman–Crippen LogP) is 3.30. The second kappa shape index (κ2) is 9.75. The largest absolute Gasteiger partial charge is 0.366 e. The lowest BCUT2D eigenvalue weighted by Crippen LogP contribution is -2.27. The van der Waals surface area contributed by atoms with E-state index in [9.17, 15) is 14.4 Å². The maximum atomic E-state index is 12.7. The average molecular weight is 481 g/mol. The highest BCUT2D eigenvalue weighted by Crippen LogP contribution is 2.25. The number of nitrogens with one attached hydrogen (secondary N) is 3. The molecule has 0 saturated carbocycles. The Balaban J connectivity index is 1.32. The molecular weight excluding hydrogens is 456 g/mol. The number of hydrogen-bond acceptors (Lipinski definition) is 4. The van der Waals surface area contributed by atoms with Crippen molar-refractivity contribution in [3.05, 3.63) is 89.7 Å². The first-order valence-corrected chi connectivity index (χ1v) is 11.5. The molecule has 2 aromatic heterocycles. The van der Waals surface area contributed by atoms with Gasteiger partial charge in [0, 0.05) is 41.5 Å². The highest BCUT2D eigenvalue weighted by molar-refractivity contribution is 6.24. The van der Waals surface area contributed by atoms with Crippen LogP contribution in [0.3, 0.4) is 0 Å². The van der Waals surface area contributed by atoms with Gasteiger partial charge in [0.15, 0.2) is 0 Å². The zero-order valence-electron chi connectivity index (χ0n) is 19.3. The number of aromatic nitrogens is 2. The number of benzene rings is 2. The minimum Gasteiger partial charge on any atom is -0.366 e. The summed E-state index contributed by atoms with van der Waals surface area (Å²) in [4.78, 5) is 45.8. The van der Waals surface area contributed by atoms with Crippen LogP contribution >= 0.6 is 0 Å². The smallest absolute Gasteiger partial charge is 0.321 e. The number of primary amides is 1. The number of rotatable bonds is 7. The molecule has 4 aromatic rings. The van der Waals surface area contributed by atoms with Crippen molar-refractivity contribution >= 4 is 51.9 Å². The van der Waals surface area contributed by atoms with Gasteiger partial charge < -0.3 is 21.4 Å². The molecule has 5 rings (SSSR count). The standard InChI is InChI=1S/C27H24N6O3/c28-25(35)22(18-4-2-1-3-5-18)13-19-15-30-26-23(19)14-20(16-31-26)32-24(34)12-17-6-8-21(9-7-17)33-11-10-29-27(33)36/h1-9,13-16H,10-12H2,(H2,28,35)(H,29,36)(H,30,31)(H,32,34)/b22-13+. The zero-order valence-corrected chi connectivity index (χ0v) is 19.3. The summed E-state index contributed by atoms with van der Waals surface area (Å²) in [5.74, 6) is -0.734. The van der Waals surface area contributed by atoms with Crippen molar-refractivity contribution in [1.82, 2.24) is 15.3 Å². The second-order valence-electron chi connectivity index (χ2n) is 8.43. The molecule has 36 heavy (non-hydrogen) atoms. The lowest BCUT2D eigenvalue weighted by Gasteiger charge is -2.14. The Morgan fingerprint density at radius 1 is 1.11 bits per heavy atom. The van der Waals surface area contributed by atoms with Crippen molar-refractivity contribution in [2.24, 2.45) is 5.73 Å². The van der Waals surface area contributed by atoms with E-state index in [-0.39, 0.29) is 18.4 Å². The molecule has 9 heteroatoms. The fourth-order valence-corrected chi connectivity index (χ4v) is 4.18. The van der Waals surface area contributed by atoms with Gasteiger partial charge in [-0.25, -0.2) is 9.78 Å². The third-order valence-electron chi connectivity index (χ3n) is 5.97. The molecule has 180 valence electrons. The zero-order chi connectivity index (χ0) is 25.1. The van der Waals surface area contributed by atoms with Crippen LogP contribution in [0.5, 0.6) is 0 Å². The van der Waals surface area contributed by atoms with Crippen LogP contribution in [-0.2, 0) is 16.0 Å². The van der Waals surface area contributed by atoms with Gasteiger partial charge in [-0.3, -0.25) is 14.5 Å². The van der Waals surface area contributed by atoms with E-state index in [1.54, 1.807) is 29.4 Å². The molecule has 0 radical (unpaired) electrons. The van der Waals surface area contributed by atoms with Crippen LogP contribution in [0.2, 0.25) is 0 Å². The molecule has 0 atom stereocenters. The van der Waals surface area contributed by atoms with Gasteiger partial charge >= 0.3 is 6.03 Å². The van der Waals surface area contributed by atoms with Crippen LogP contribution < -0.4 is 21.3 Å². The summed E-state index contributed by atoms with van der Waals surface area (Å²) in [5, 5.41) is 6.40. The van der Waals surface area contributed by atoms with Crippen molar-refractivity contribution in [2.75, 3.05) is 23.3 Å². The van der Waals surface area contributed by atoms with E-state index < -0.39 is 5.91 Å². The van der Waals surface area contributed by atoms with E-state index in [4.69, 9.17) is 5.73 Å². The summed E-state index contributed by atoms with van der Waals surface area (Å²) in [6, 6.07) is 18.2. The Morgan fingerprint density at radius 3 is 2.58 bits per heavy atom. The number of nitrogens with two attached hydrogens (primary N) is 1. The molecule has 4 amide bonds. The van der Waals surface area contributed by atoms with Crippen molar-refractivity contribution in [2.45, 2.75) is 6.42 Å². The fourth-order valence-electron chi connectivity index (χ4n) is 4.18. The highest BCUT2D eigenvalue weighted by Gasteiger charge is 2.21. The van der Waals surface area contributed by atoms with Crippen LogP contribution in [0.4, 0.5) is 16.2 Å². The molecule has 1 aliphatic rings. The third-order valence-corrected chi connectivity index (χ3v) is 5.97. The highest BCUT2D eigenvalue weighted by atomic mass is 16.2. The number of carbonyl (C=O) groups is 3. The fraction of sp³-hybridized carbons (Fsp3) is 0.111. The quantitative estimate of drug-likeness (QED) is 0.302.